The van der Waals surface area contributed by atoms with Gasteiger partial charge in [0.05, 0.1) is 0 Å². The summed E-state index contributed by atoms with van der Waals surface area (Å²) in [6, 6.07) is 6.03. The Morgan fingerprint density at radius 1 is 0.882 bits per heavy atom. The van der Waals surface area contributed by atoms with Gasteiger partial charge in [0.15, 0.2) is 5.65 Å². The fourth-order valence-corrected chi connectivity index (χ4v) is 2.92. The molecule has 0 unspecified atom stereocenters. The number of pyridine rings is 2. The highest BCUT2D eigenvalue weighted by molar-refractivity contribution is 7.25. The normalized spacial score (nSPS) is 11.5. The van der Waals surface area contributed by atoms with E-state index in [1.54, 1.807) is 29.9 Å². The van der Waals surface area contributed by atoms with E-state index in [0.29, 0.717) is 5.65 Å². The van der Waals surface area contributed by atoms with Gasteiger partial charge in [-0.3, -0.25) is 4.98 Å². The topological polar surface area (TPSA) is 51.6 Å². The maximum absolute atomic E-state index is 4.52. The lowest BCUT2D eigenvalue weighted by molar-refractivity contribution is 1.25. The van der Waals surface area contributed by atoms with Crippen LogP contribution in [0.5, 0.6) is 0 Å². The van der Waals surface area contributed by atoms with Gasteiger partial charge in [-0.05, 0) is 18.2 Å². The van der Waals surface area contributed by atoms with E-state index in [2.05, 4.69) is 26.0 Å². The molecule has 0 aliphatic rings. The van der Waals surface area contributed by atoms with Gasteiger partial charge in [0, 0.05) is 29.4 Å². The molecule has 0 spiro atoms. The molecule has 4 heterocycles. The van der Waals surface area contributed by atoms with Gasteiger partial charge in [-0.25, -0.2) is 15.0 Å². The van der Waals surface area contributed by atoms with Crippen LogP contribution in [0.1, 0.15) is 0 Å². The van der Waals surface area contributed by atoms with Crippen LogP contribution in [0.4, 0.5) is 0 Å². The average molecular weight is 238 g/mol. The molecule has 0 amide bonds. The summed E-state index contributed by atoms with van der Waals surface area (Å²) in [5.74, 6) is 0. The maximum Gasteiger partial charge on any atom is 0.179 e. The Kier molecular flexibility index (Phi) is 1.67. The molecule has 5 heteroatoms. The summed E-state index contributed by atoms with van der Waals surface area (Å²) in [5.41, 5.74) is 1.51. The molecule has 0 N–H and O–H groups in total. The maximum atomic E-state index is 4.52. The molecular weight excluding hydrogens is 232 g/mol. The minimum atomic E-state index is 0.687. The molecule has 0 saturated carbocycles. The lowest BCUT2D eigenvalue weighted by Crippen LogP contribution is -1.85. The van der Waals surface area contributed by atoms with Crippen molar-refractivity contribution in [2.75, 3.05) is 0 Å². The second-order valence-electron chi connectivity index (χ2n) is 3.70. The van der Waals surface area contributed by atoms with Crippen molar-refractivity contribution in [3.63, 3.8) is 0 Å². The van der Waals surface area contributed by atoms with E-state index in [9.17, 15) is 0 Å². The smallest absolute Gasteiger partial charge is 0.179 e. The van der Waals surface area contributed by atoms with Crippen molar-refractivity contribution in [3.05, 3.63) is 36.8 Å². The number of nitrogens with zero attached hydrogens (tertiary/aromatic N) is 4. The van der Waals surface area contributed by atoms with Gasteiger partial charge in [0.1, 0.15) is 15.2 Å². The Labute approximate surface area is 100.0 Å². The van der Waals surface area contributed by atoms with Crippen LogP contribution in [0, 0.1) is 0 Å². The zero-order valence-electron chi connectivity index (χ0n) is 8.66. The highest BCUT2D eigenvalue weighted by Gasteiger charge is 2.08. The summed E-state index contributed by atoms with van der Waals surface area (Å²) < 4.78 is 0. The third kappa shape index (κ3) is 1.23. The molecule has 17 heavy (non-hydrogen) atoms. The van der Waals surface area contributed by atoms with Crippen LogP contribution in [0.15, 0.2) is 36.8 Å². The molecule has 4 aromatic rings. The summed E-state index contributed by atoms with van der Waals surface area (Å²) in [4.78, 5) is 19.3. The van der Waals surface area contributed by atoms with Crippen molar-refractivity contribution < 1.29 is 0 Å². The molecule has 4 rings (SSSR count). The first-order chi connectivity index (χ1) is 8.42. The first-order valence-electron chi connectivity index (χ1n) is 5.17. The van der Waals surface area contributed by atoms with E-state index < -0.39 is 0 Å². The average Bonchev–Trinajstić information content (AvgIpc) is 2.73. The molecular formula is C12H6N4S. The lowest BCUT2D eigenvalue weighted by atomic mass is 10.2. The van der Waals surface area contributed by atoms with E-state index in [4.69, 9.17) is 0 Å². The van der Waals surface area contributed by atoms with Crippen LogP contribution in [-0.2, 0) is 0 Å². The number of fused-ring (bicyclic) bond motifs is 4. The highest BCUT2D eigenvalue weighted by Crippen LogP contribution is 2.31. The second kappa shape index (κ2) is 3.18. The SMILES string of the molecule is c1cnc2sc3nc4nccnc4cc3c2c1. The monoisotopic (exact) mass is 238 g/mol. The van der Waals surface area contributed by atoms with Crippen molar-refractivity contribution in [1.29, 1.82) is 0 Å². The van der Waals surface area contributed by atoms with Crippen molar-refractivity contribution in [3.8, 4) is 0 Å². The lowest BCUT2D eigenvalue weighted by Gasteiger charge is -1.94. The quantitative estimate of drug-likeness (QED) is 0.472. The van der Waals surface area contributed by atoms with Gasteiger partial charge < -0.3 is 0 Å². The van der Waals surface area contributed by atoms with E-state index in [1.807, 2.05) is 12.1 Å². The van der Waals surface area contributed by atoms with Crippen LogP contribution in [0.3, 0.4) is 0 Å². The van der Waals surface area contributed by atoms with E-state index in [0.717, 1.165) is 25.9 Å². The molecule has 0 atom stereocenters. The van der Waals surface area contributed by atoms with Gasteiger partial charge >= 0.3 is 0 Å². The number of hydrogen-bond acceptors (Lipinski definition) is 5. The predicted molar refractivity (Wildman–Crippen MR) is 68.0 cm³/mol. The van der Waals surface area contributed by atoms with Gasteiger partial charge in [-0.15, -0.1) is 0 Å². The number of rotatable bonds is 0. The zero-order valence-corrected chi connectivity index (χ0v) is 9.48. The van der Waals surface area contributed by atoms with Gasteiger partial charge in [-0.1, -0.05) is 11.3 Å². The van der Waals surface area contributed by atoms with Crippen molar-refractivity contribution >= 4 is 42.9 Å². The fourth-order valence-electron chi connectivity index (χ4n) is 1.92. The molecule has 0 radical (unpaired) electrons. The van der Waals surface area contributed by atoms with Gasteiger partial charge in [0.25, 0.3) is 0 Å². The second-order valence-corrected chi connectivity index (χ2v) is 4.68. The van der Waals surface area contributed by atoms with Crippen LogP contribution in [0.25, 0.3) is 31.6 Å². The first kappa shape index (κ1) is 8.95. The standard InChI is InChI=1S/C12H6N4S/c1-2-7-8-6-9-10(14-5-4-13-9)16-12(8)17-11(7)15-3-1/h1-6H. The molecule has 4 aromatic heterocycles. The fraction of sp³-hybridized carbons (Fsp3) is 0. The summed E-state index contributed by atoms with van der Waals surface area (Å²) in [7, 11) is 0. The number of aromatic nitrogens is 4. The minimum Gasteiger partial charge on any atom is -0.251 e. The van der Waals surface area contributed by atoms with E-state index in [1.165, 1.54) is 0 Å². The van der Waals surface area contributed by atoms with Crippen LogP contribution >= 0.6 is 11.3 Å². The largest absolute Gasteiger partial charge is 0.251 e. The molecule has 0 bridgehead atoms. The van der Waals surface area contributed by atoms with Crippen LogP contribution < -0.4 is 0 Å². The van der Waals surface area contributed by atoms with Crippen LogP contribution in [0.2, 0.25) is 0 Å². The third-order valence-corrected chi connectivity index (χ3v) is 3.70. The Balaban J connectivity index is 2.28. The molecule has 0 aromatic carbocycles. The van der Waals surface area contributed by atoms with Crippen molar-refractivity contribution in [2.24, 2.45) is 0 Å². The van der Waals surface area contributed by atoms with E-state index >= 15 is 0 Å². The molecule has 0 saturated heterocycles. The van der Waals surface area contributed by atoms with Gasteiger partial charge in [-0.2, -0.15) is 0 Å². The predicted octanol–water partition coefficient (Wildman–Crippen LogP) is 2.79. The zero-order chi connectivity index (χ0) is 11.2. The van der Waals surface area contributed by atoms with Crippen molar-refractivity contribution in [1.82, 2.24) is 19.9 Å². The number of thiophene rings is 1. The minimum absolute atomic E-state index is 0.687. The Morgan fingerprint density at radius 3 is 2.82 bits per heavy atom. The van der Waals surface area contributed by atoms with E-state index in [-0.39, 0.29) is 0 Å². The highest BCUT2D eigenvalue weighted by atomic mass is 32.1. The Bertz CT molecular complexity index is 847. The first-order valence-corrected chi connectivity index (χ1v) is 5.98. The van der Waals surface area contributed by atoms with Crippen LogP contribution in [-0.4, -0.2) is 19.9 Å². The van der Waals surface area contributed by atoms with Crippen molar-refractivity contribution in [2.45, 2.75) is 0 Å². The Morgan fingerprint density at radius 2 is 1.82 bits per heavy atom. The Hall–Kier alpha value is -2.14. The molecule has 0 fully saturated rings. The summed E-state index contributed by atoms with van der Waals surface area (Å²) in [6.45, 7) is 0. The number of hydrogen-bond donors (Lipinski definition) is 0. The summed E-state index contributed by atoms with van der Waals surface area (Å²) >= 11 is 1.59. The molecule has 0 aliphatic heterocycles. The summed E-state index contributed by atoms with van der Waals surface area (Å²) in [6.07, 6.45) is 5.14. The summed E-state index contributed by atoms with van der Waals surface area (Å²) in [5, 5.41) is 2.23. The molecule has 4 nitrogen and oxygen atoms in total. The third-order valence-electron chi connectivity index (χ3n) is 2.68. The molecule has 80 valence electrons. The molecule has 0 aliphatic carbocycles. The van der Waals surface area contributed by atoms with Gasteiger partial charge in [0.2, 0.25) is 0 Å².